The van der Waals surface area contributed by atoms with Crippen LogP contribution in [0.5, 0.6) is 0 Å². The largest absolute Gasteiger partial charge is 0.348 e. The molecule has 0 aliphatic carbocycles. The van der Waals surface area contributed by atoms with Gasteiger partial charge in [-0.1, -0.05) is 48.6 Å². The maximum absolute atomic E-state index is 12.5. The third-order valence-corrected chi connectivity index (χ3v) is 4.00. The van der Waals surface area contributed by atoms with Crippen molar-refractivity contribution in [2.24, 2.45) is 11.7 Å². The number of nitrogens with two attached hydrogens (primary N) is 1. The molecule has 1 amide bonds. The fourth-order valence-electron chi connectivity index (χ4n) is 2.71. The summed E-state index contributed by atoms with van der Waals surface area (Å²) in [5.41, 5.74) is 6.91. The molecule has 3 N–H and O–H groups in total. The van der Waals surface area contributed by atoms with Crippen LogP contribution in [0.1, 0.15) is 24.4 Å². The van der Waals surface area contributed by atoms with Crippen LogP contribution in [-0.2, 0) is 4.79 Å². The van der Waals surface area contributed by atoms with E-state index in [1.54, 1.807) is 12.2 Å². The molecule has 1 atom stereocenters. The standard InChI is InChI=1S/C20H24N2O.ClH/c1-3-7-16(8-4-2)20(23)22-19(14-21)18-12-11-15-9-5-6-10-17(15)13-18;/h3-6,9-13,16,19H,1-2,7-8,14,21H2,(H,22,23);1H. The summed E-state index contributed by atoms with van der Waals surface area (Å²) < 4.78 is 0. The highest BCUT2D eigenvalue weighted by molar-refractivity contribution is 5.85. The summed E-state index contributed by atoms with van der Waals surface area (Å²) in [6.07, 6.45) is 4.79. The third kappa shape index (κ3) is 4.95. The molecule has 2 aromatic rings. The van der Waals surface area contributed by atoms with Crippen LogP contribution >= 0.6 is 12.4 Å². The summed E-state index contributed by atoms with van der Waals surface area (Å²) >= 11 is 0. The van der Waals surface area contributed by atoms with E-state index in [1.165, 1.54) is 5.39 Å². The van der Waals surface area contributed by atoms with Crippen LogP contribution in [0.3, 0.4) is 0 Å². The lowest BCUT2D eigenvalue weighted by Gasteiger charge is -2.21. The first kappa shape index (κ1) is 19.9. The summed E-state index contributed by atoms with van der Waals surface area (Å²) in [5, 5.41) is 5.38. The predicted molar refractivity (Wildman–Crippen MR) is 104 cm³/mol. The van der Waals surface area contributed by atoms with Gasteiger partial charge in [0.15, 0.2) is 0 Å². The Morgan fingerprint density at radius 1 is 1.08 bits per heavy atom. The number of rotatable bonds is 8. The molecule has 0 saturated carbocycles. The fraction of sp³-hybridized carbons (Fsp3) is 0.250. The van der Waals surface area contributed by atoms with Crippen molar-refractivity contribution in [3.05, 3.63) is 73.3 Å². The zero-order chi connectivity index (χ0) is 16.7. The van der Waals surface area contributed by atoms with Crippen molar-refractivity contribution in [1.29, 1.82) is 0 Å². The van der Waals surface area contributed by atoms with Gasteiger partial charge in [-0.15, -0.1) is 25.6 Å². The minimum Gasteiger partial charge on any atom is -0.348 e. The summed E-state index contributed by atoms with van der Waals surface area (Å²) in [4.78, 5) is 12.5. The molecule has 0 saturated heterocycles. The van der Waals surface area contributed by atoms with Crippen LogP contribution in [0.15, 0.2) is 67.8 Å². The monoisotopic (exact) mass is 344 g/mol. The molecule has 24 heavy (non-hydrogen) atoms. The average molecular weight is 345 g/mol. The molecular formula is C20H25ClN2O. The van der Waals surface area contributed by atoms with Gasteiger partial charge in [0.1, 0.15) is 0 Å². The molecule has 1 unspecified atom stereocenters. The Hall–Kier alpha value is -2.10. The van der Waals surface area contributed by atoms with Gasteiger partial charge in [-0.3, -0.25) is 4.79 Å². The van der Waals surface area contributed by atoms with E-state index in [0.717, 1.165) is 10.9 Å². The van der Waals surface area contributed by atoms with Crippen LogP contribution in [0.4, 0.5) is 0 Å². The lowest BCUT2D eigenvalue weighted by molar-refractivity contribution is -0.125. The van der Waals surface area contributed by atoms with Crippen molar-refractivity contribution in [1.82, 2.24) is 5.32 Å². The molecule has 0 aromatic heterocycles. The maximum Gasteiger partial charge on any atom is 0.224 e. The number of carbonyl (C=O) groups is 1. The van der Waals surface area contributed by atoms with E-state index >= 15 is 0 Å². The molecule has 2 aromatic carbocycles. The molecule has 0 aliphatic rings. The van der Waals surface area contributed by atoms with Gasteiger partial charge < -0.3 is 11.1 Å². The van der Waals surface area contributed by atoms with Crippen molar-refractivity contribution in [2.45, 2.75) is 18.9 Å². The first-order valence-corrected chi connectivity index (χ1v) is 7.90. The number of allylic oxidation sites excluding steroid dienone is 2. The summed E-state index contributed by atoms with van der Waals surface area (Å²) in [7, 11) is 0. The zero-order valence-corrected chi connectivity index (χ0v) is 14.6. The molecule has 0 fully saturated rings. The van der Waals surface area contributed by atoms with Gasteiger partial charge in [0.05, 0.1) is 6.04 Å². The minimum absolute atomic E-state index is 0. The molecule has 0 radical (unpaired) electrons. The van der Waals surface area contributed by atoms with E-state index in [2.05, 4.69) is 42.7 Å². The van der Waals surface area contributed by atoms with Gasteiger partial charge in [-0.25, -0.2) is 0 Å². The second kappa shape index (κ2) is 9.91. The van der Waals surface area contributed by atoms with Gasteiger partial charge in [0.25, 0.3) is 0 Å². The molecule has 128 valence electrons. The van der Waals surface area contributed by atoms with E-state index in [0.29, 0.717) is 19.4 Å². The van der Waals surface area contributed by atoms with Gasteiger partial charge in [0.2, 0.25) is 5.91 Å². The molecule has 4 heteroatoms. The SMILES string of the molecule is C=CCC(CC=C)C(=O)NC(CN)c1ccc2ccccc2c1.Cl. The molecule has 3 nitrogen and oxygen atoms in total. The number of benzene rings is 2. The molecular weight excluding hydrogens is 320 g/mol. The Morgan fingerprint density at radius 2 is 1.71 bits per heavy atom. The molecule has 2 rings (SSSR count). The fourth-order valence-corrected chi connectivity index (χ4v) is 2.71. The Kier molecular flexibility index (Phi) is 8.24. The Bertz CT molecular complexity index is 689. The number of carbonyl (C=O) groups excluding carboxylic acids is 1. The lowest BCUT2D eigenvalue weighted by atomic mass is 9.98. The van der Waals surface area contributed by atoms with E-state index in [-0.39, 0.29) is 30.3 Å². The number of fused-ring (bicyclic) bond motifs is 1. The molecule has 0 spiro atoms. The second-order valence-electron chi connectivity index (χ2n) is 5.65. The van der Waals surface area contributed by atoms with E-state index in [9.17, 15) is 4.79 Å². The third-order valence-electron chi connectivity index (χ3n) is 4.00. The van der Waals surface area contributed by atoms with Crippen LogP contribution in [0.25, 0.3) is 10.8 Å². The number of nitrogens with one attached hydrogen (secondary N) is 1. The molecule has 0 bridgehead atoms. The average Bonchev–Trinajstić information content (AvgIpc) is 2.58. The summed E-state index contributed by atoms with van der Waals surface area (Å²) in [6.45, 7) is 7.80. The van der Waals surface area contributed by atoms with E-state index in [1.807, 2.05) is 18.2 Å². The van der Waals surface area contributed by atoms with Crippen molar-refractivity contribution in [3.63, 3.8) is 0 Å². The van der Waals surface area contributed by atoms with Crippen LogP contribution in [-0.4, -0.2) is 12.5 Å². The van der Waals surface area contributed by atoms with Crippen molar-refractivity contribution in [3.8, 4) is 0 Å². The maximum atomic E-state index is 12.5. The number of hydrogen-bond acceptors (Lipinski definition) is 2. The molecule has 0 aliphatic heterocycles. The van der Waals surface area contributed by atoms with Gasteiger partial charge in [-0.2, -0.15) is 0 Å². The summed E-state index contributed by atoms with van der Waals surface area (Å²) in [5.74, 6) is -0.145. The second-order valence-corrected chi connectivity index (χ2v) is 5.65. The quantitative estimate of drug-likeness (QED) is 0.707. The van der Waals surface area contributed by atoms with Gasteiger partial charge in [-0.05, 0) is 35.2 Å². The van der Waals surface area contributed by atoms with Crippen molar-refractivity contribution >= 4 is 29.1 Å². The minimum atomic E-state index is -0.191. The highest BCUT2D eigenvalue weighted by Crippen LogP contribution is 2.21. The van der Waals surface area contributed by atoms with Gasteiger partial charge >= 0.3 is 0 Å². The predicted octanol–water partition coefficient (Wildman–Crippen LogP) is 4.15. The first-order chi connectivity index (χ1) is 11.2. The van der Waals surface area contributed by atoms with Crippen LogP contribution < -0.4 is 11.1 Å². The van der Waals surface area contributed by atoms with Crippen molar-refractivity contribution in [2.75, 3.05) is 6.54 Å². The molecule has 0 heterocycles. The lowest BCUT2D eigenvalue weighted by Crippen LogP contribution is -2.37. The Balaban J connectivity index is 0.00000288. The van der Waals surface area contributed by atoms with Gasteiger partial charge in [0, 0.05) is 12.5 Å². The Morgan fingerprint density at radius 3 is 2.29 bits per heavy atom. The highest BCUT2D eigenvalue weighted by atomic mass is 35.5. The number of hydrogen-bond donors (Lipinski definition) is 2. The van der Waals surface area contributed by atoms with Crippen molar-refractivity contribution < 1.29 is 4.79 Å². The normalized spacial score (nSPS) is 11.6. The van der Waals surface area contributed by atoms with Crippen LogP contribution in [0, 0.1) is 5.92 Å². The highest BCUT2D eigenvalue weighted by Gasteiger charge is 2.20. The number of halogens is 1. The summed E-state index contributed by atoms with van der Waals surface area (Å²) in [6, 6.07) is 14.1. The Labute approximate surface area is 150 Å². The first-order valence-electron chi connectivity index (χ1n) is 7.90. The van der Waals surface area contributed by atoms with E-state index in [4.69, 9.17) is 5.73 Å². The topological polar surface area (TPSA) is 55.1 Å². The zero-order valence-electron chi connectivity index (χ0n) is 13.8. The van der Waals surface area contributed by atoms with E-state index < -0.39 is 0 Å². The number of amides is 1. The van der Waals surface area contributed by atoms with Crippen LogP contribution in [0.2, 0.25) is 0 Å². The smallest absolute Gasteiger partial charge is 0.224 e.